The first-order chi connectivity index (χ1) is 9.74. The van der Waals surface area contributed by atoms with Gasteiger partial charge in [0.2, 0.25) is 0 Å². The quantitative estimate of drug-likeness (QED) is 0.678. The van der Waals surface area contributed by atoms with Crippen molar-refractivity contribution >= 4 is 16.7 Å². The average Bonchev–Trinajstić information content (AvgIpc) is 2.89. The lowest BCUT2D eigenvalue weighted by Gasteiger charge is -2.07. The summed E-state index contributed by atoms with van der Waals surface area (Å²) in [5.41, 5.74) is 8.71. The molecule has 0 aliphatic rings. The Hall–Kier alpha value is -2.40. The summed E-state index contributed by atoms with van der Waals surface area (Å²) in [6.07, 6.45) is 1.96. The van der Waals surface area contributed by atoms with Crippen molar-refractivity contribution in [1.82, 2.24) is 15.2 Å². The summed E-state index contributed by atoms with van der Waals surface area (Å²) in [7, 11) is 0. The van der Waals surface area contributed by atoms with Crippen LogP contribution in [0.4, 0.5) is 5.82 Å². The number of hydrogen-bond acceptors (Lipinski definition) is 4. The van der Waals surface area contributed by atoms with Gasteiger partial charge in [0.05, 0.1) is 5.69 Å². The number of nitrogens with one attached hydrogen (secondary N) is 2. The van der Waals surface area contributed by atoms with Crippen molar-refractivity contribution in [3.63, 3.8) is 0 Å². The summed E-state index contributed by atoms with van der Waals surface area (Å²) in [6, 6.07) is 12.1. The van der Waals surface area contributed by atoms with E-state index in [-0.39, 0.29) is 6.04 Å². The predicted octanol–water partition coefficient (Wildman–Crippen LogP) is 2.38. The molecule has 1 unspecified atom stereocenters. The average molecular weight is 267 g/mol. The van der Waals surface area contributed by atoms with E-state index < -0.39 is 0 Å². The van der Waals surface area contributed by atoms with E-state index in [0.29, 0.717) is 6.54 Å². The van der Waals surface area contributed by atoms with Crippen LogP contribution in [0.5, 0.6) is 0 Å². The Morgan fingerprint density at radius 3 is 2.80 bits per heavy atom. The van der Waals surface area contributed by atoms with Gasteiger partial charge in [0.25, 0.3) is 0 Å². The fraction of sp³-hybridized carbons (Fsp3) is 0.200. The Balaban J connectivity index is 1.87. The maximum atomic E-state index is 5.69. The number of para-hydroxylation sites is 1. The zero-order valence-corrected chi connectivity index (χ0v) is 11.3. The highest BCUT2D eigenvalue weighted by Crippen LogP contribution is 2.26. The van der Waals surface area contributed by atoms with Crippen molar-refractivity contribution in [3.05, 3.63) is 42.6 Å². The van der Waals surface area contributed by atoms with Crippen molar-refractivity contribution in [2.24, 2.45) is 5.73 Å². The van der Waals surface area contributed by atoms with E-state index in [0.717, 1.165) is 28.0 Å². The lowest BCUT2D eigenvalue weighted by atomic mass is 10.1. The first-order valence-electron chi connectivity index (χ1n) is 6.64. The molecule has 0 amide bonds. The smallest absolute Gasteiger partial charge is 0.148 e. The molecule has 102 valence electrons. The van der Waals surface area contributed by atoms with Crippen LogP contribution in [0.15, 0.2) is 42.6 Å². The highest BCUT2D eigenvalue weighted by molar-refractivity contribution is 5.94. The minimum atomic E-state index is 0.0880. The van der Waals surface area contributed by atoms with Crippen molar-refractivity contribution in [3.8, 4) is 11.3 Å². The Bertz CT molecular complexity index is 700. The first-order valence-corrected chi connectivity index (χ1v) is 6.64. The Morgan fingerprint density at radius 1 is 1.20 bits per heavy atom. The number of nitrogens with two attached hydrogens (primary N) is 1. The Labute approximate surface area is 117 Å². The van der Waals surface area contributed by atoms with Crippen molar-refractivity contribution in [2.45, 2.75) is 13.0 Å². The normalized spacial score (nSPS) is 12.5. The standard InChI is InChI=1S/C15H17N5/c1-10(16)8-18-15-7-6-14(19-20-15)12-9-17-13-5-3-2-4-11(12)13/h2-7,9-10,17H,8,16H2,1H3,(H,18,20). The third-order valence-electron chi connectivity index (χ3n) is 3.13. The van der Waals surface area contributed by atoms with Crippen LogP contribution < -0.4 is 11.1 Å². The van der Waals surface area contributed by atoms with Crippen molar-refractivity contribution in [2.75, 3.05) is 11.9 Å². The summed E-state index contributed by atoms with van der Waals surface area (Å²) in [5.74, 6) is 0.742. The molecule has 0 fully saturated rings. The molecule has 0 aliphatic carbocycles. The molecule has 0 saturated heterocycles. The second-order valence-corrected chi connectivity index (χ2v) is 4.91. The third-order valence-corrected chi connectivity index (χ3v) is 3.13. The van der Waals surface area contributed by atoms with Crippen LogP contribution in [0.2, 0.25) is 0 Å². The van der Waals surface area contributed by atoms with Gasteiger partial charge in [0.15, 0.2) is 0 Å². The van der Waals surface area contributed by atoms with Crippen LogP contribution in [0.1, 0.15) is 6.92 Å². The van der Waals surface area contributed by atoms with E-state index in [9.17, 15) is 0 Å². The Kier molecular flexibility index (Phi) is 3.35. The van der Waals surface area contributed by atoms with Gasteiger partial charge >= 0.3 is 0 Å². The van der Waals surface area contributed by atoms with Crippen molar-refractivity contribution in [1.29, 1.82) is 0 Å². The molecule has 0 saturated carbocycles. The summed E-state index contributed by atoms with van der Waals surface area (Å²) >= 11 is 0. The molecule has 0 bridgehead atoms. The molecular weight excluding hydrogens is 250 g/mol. The first kappa shape index (κ1) is 12.6. The highest BCUT2D eigenvalue weighted by Gasteiger charge is 2.07. The minimum Gasteiger partial charge on any atom is -0.367 e. The predicted molar refractivity (Wildman–Crippen MR) is 81.5 cm³/mol. The fourth-order valence-corrected chi connectivity index (χ4v) is 2.12. The molecule has 0 spiro atoms. The number of hydrogen-bond donors (Lipinski definition) is 3. The van der Waals surface area contributed by atoms with E-state index in [1.165, 1.54) is 0 Å². The summed E-state index contributed by atoms with van der Waals surface area (Å²) in [4.78, 5) is 3.24. The Morgan fingerprint density at radius 2 is 2.05 bits per heavy atom. The van der Waals surface area contributed by atoms with Crippen LogP contribution >= 0.6 is 0 Å². The van der Waals surface area contributed by atoms with Crippen LogP contribution in [0, 0.1) is 0 Å². The molecule has 0 radical (unpaired) electrons. The molecule has 1 aromatic carbocycles. The lowest BCUT2D eigenvalue weighted by Crippen LogP contribution is -2.25. The number of anilines is 1. The van der Waals surface area contributed by atoms with Crippen LogP contribution in [0.3, 0.4) is 0 Å². The second kappa shape index (κ2) is 5.30. The van der Waals surface area contributed by atoms with Gasteiger partial charge in [-0.15, -0.1) is 10.2 Å². The van der Waals surface area contributed by atoms with Gasteiger partial charge in [0, 0.05) is 35.2 Å². The number of benzene rings is 1. The number of fused-ring (bicyclic) bond motifs is 1. The van der Waals surface area contributed by atoms with Gasteiger partial charge in [-0.3, -0.25) is 0 Å². The monoisotopic (exact) mass is 267 g/mol. The molecule has 3 rings (SSSR count). The highest BCUT2D eigenvalue weighted by atomic mass is 15.2. The molecule has 2 aromatic heterocycles. The van der Waals surface area contributed by atoms with E-state index >= 15 is 0 Å². The van der Waals surface area contributed by atoms with Gasteiger partial charge in [-0.25, -0.2) is 0 Å². The number of aromatic nitrogens is 3. The number of nitrogens with zero attached hydrogens (tertiary/aromatic N) is 2. The van der Waals surface area contributed by atoms with E-state index in [1.807, 2.05) is 43.5 Å². The van der Waals surface area contributed by atoms with Gasteiger partial charge in [-0.2, -0.15) is 0 Å². The molecule has 5 heteroatoms. The van der Waals surface area contributed by atoms with E-state index in [1.54, 1.807) is 0 Å². The number of aromatic amines is 1. The van der Waals surface area contributed by atoms with Crippen molar-refractivity contribution < 1.29 is 0 Å². The van der Waals surface area contributed by atoms with Crippen LogP contribution in [-0.4, -0.2) is 27.8 Å². The summed E-state index contributed by atoms with van der Waals surface area (Å²) in [6.45, 7) is 2.63. The van der Waals surface area contributed by atoms with Gasteiger partial charge in [-0.1, -0.05) is 18.2 Å². The SMILES string of the molecule is CC(N)CNc1ccc(-c2c[nH]c3ccccc23)nn1. The molecule has 1 atom stereocenters. The number of rotatable bonds is 4. The van der Waals surface area contributed by atoms with Crippen LogP contribution in [-0.2, 0) is 0 Å². The maximum Gasteiger partial charge on any atom is 0.148 e. The molecule has 4 N–H and O–H groups in total. The van der Waals surface area contributed by atoms with Crippen LogP contribution in [0.25, 0.3) is 22.2 Å². The minimum absolute atomic E-state index is 0.0880. The zero-order chi connectivity index (χ0) is 13.9. The molecule has 5 nitrogen and oxygen atoms in total. The van der Waals surface area contributed by atoms with E-state index in [2.05, 4.69) is 26.6 Å². The topological polar surface area (TPSA) is 79.6 Å². The van der Waals surface area contributed by atoms with E-state index in [4.69, 9.17) is 5.73 Å². The molecule has 20 heavy (non-hydrogen) atoms. The second-order valence-electron chi connectivity index (χ2n) is 4.91. The van der Waals surface area contributed by atoms with Gasteiger partial charge in [-0.05, 0) is 25.1 Å². The third kappa shape index (κ3) is 2.48. The molecular formula is C15H17N5. The summed E-state index contributed by atoms with van der Waals surface area (Å²) < 4.78 is 0. The molecule has 2 heterocycles. The maximum absolute atomic E-state index is 5.69. The van der Waals surface area contributed by atoms with Gasteiger partial charge < -0.3 is 16.0 Å². The summed E-state index contributed by atoms with van der Waals surface area (Å²) in [5, 5.41) is 12.8. The largest absolute Gasteiger partial charge is 0.367 e. The zero-order valence-electron chi connectivity index (χ0n) is 11.3. The van der Waals surface area contributed by atoms with Gasteiger partial charge in [0.1, 0.15) is 5.82 Å². The molecule has 3 aromatic rings. The molecule has 0 aliphatic heterocycles. The number of H-pyrrole nitrogens is 1. The lowest BCUT2D eigenvalue weighted by molar-refractivity contribution is 0.775. The fourth-order valence-electron chi connectivity index (χ4n) is 2.12.